The lowest BCUT2D eigenvalue weighted by Gasteiger charge is -2.46. The first kappa shape index (κ1) is 25.8. The van der Waals surface area contributed by atoms with Crippen LogP contribution in [0.15, 0.2) is 0 Å². The van der Waals surface area contributed by atoms with E-state index in [0.29, 0.717) is 0 Å². The molecule has 2 fully saturated rings. The summed E-state index contributed by atoms with van der Waals surface area (Å²) in [4.78, 5) is 0. The van der Waals surface area contributed by atoms with Gasteiger partial charge < -0.3 is 52.5 Å². The van der Waals surface area contributed by atoms with Gasteiger partial charge in [0.15, 0.2) is 6.29 Å². The quantitative estimate of drug-likeness (QED) is 0.411. The van der Waals surface area contributed by atoms with Gasteiger partial charge in [0.05, 0.1) is 13.2 Å². The van der Waals surface area contributed by atoms with Crippen LogP contribution in [0, 0.1) is 0 Å². The molecule has 2 saturated heterocycles. The number of rotatable bonds is 12. The van der Waals surface area contributed by atoms with Crippen molar-refractivity contribution in [2.75, 3.05) is 69.6 Å². The van der Waals surface area contributed by atoms with Crippen LogP contribution in [0.4, 0.5) is 0 Å². The molecule has 0 spiro atoms. The van der Waals surface area contributed by atoms with Crippen LogP contribution in [0.5, 0.6) is 0 Å². The summed E-state index contributed by atoms with van der Waals surface area (Å²) in [5.74, 6) is -1.42. The second-order valence-electron chi connectivity index (χ2n) is 7.22. The van der Waals surface area contributed by atoms with Crippen molar-refractivity contribution in [1.29, 1.82) is 0 Å². The van der Waals surface area contributed by atoms with Crippen molar-refractivity contribution in [1.82, 2.24) is 0 Å². The Hall–Kier alpha value is -0.440. The third-order valence-electron chi connectivity index (χ3n) is 5.46. The first-order valence-electron chi connectivity index (χ1n) is 9.73. The summed E-state index contributed by atoms with van der Waals surface area (Å²) >= 11 is 0. The summed E-state index contributed by atoms with van der Waals surface area (Å²) in [5.41, 5.74) is 0. The number of aliphatic hydroxyl groups excluding tert-OH is 1. The molecule has 9 atom stereocenters. The zero-order valence-corrected chi connectivity index (χ0v) is 18.8. The van der Waals surface area contributed by atoms with E-state index in [1.165, 1.54) is 28.4 Å². The summed E-state index contributed by atoms with van der Waals surface area (Å²) in [6.07, 6.45) is -5.79. The van der Waals surface area contributed by atoms with Gasteiger partial charge in [-0.3, -0.25) is 0 Å². The molecule has 2 aliphatic heterocycles. The number of hydrogen-bond donors (Lipinski definition) is 1. The standard InChI is InChI=1S/C19H36O11/c1-21-8-11-14(24-4)16(26-6)13(20)18(28-11)30-19(10-23-3)17(27-7)15(25-5)12(29-19)9-22-2/h11-18,20H,8-10H2,1-7H3. The highest BCUT2D eigenvalue weighted by atomic mass is 16.8. The van der Waals surface area contributed by atoms with Gasteiger partial charge in [0.1, 0.15) is 49.3 Å². The predicted molar refractivity (Wildman–Crippen MR) is 102 cm³/mol. The summed E-state index contributed by atoms with van der Waals surface area (Å²) in [7, 11) is 10.7. The van der Waals surface area contributed by atoms with E-state index in [2.05, 4.69) is 0 Å². The normalized spacial score (nSPS) is 42.0. The molecular formula is C19H36O11. The fourth-order valence-corrected chi connectivity index (χ4v) is 4.21. The van der Waals surface area contributed by atoms with Crippen LogP contribution < -0.4 is 0 Å². The van der Waals surface area contributed by atoms with Crippen LogP contribution in [0.1, 0.15) is 0 Å². The van der Waals surface area contributed by atoms with Crippen LogP contribution >= 0.6 is 0 Å². The lowest BCUT2D eigenvalue weighted by Crippen LogP contribution is -2.63. The minimum absolute atomic E-state index is 0.00153. The second kappa shape index (κ2) is 12.0. The Morgan fingerprint density at radius 3 is 1.83 bits per heavy atom. The largest absolute Gasteiger partial charge is 0.385 e. The Labute approximate surface area is 177 Å². The molecule has 0 bridgehead atoms. The molecule has 9 unspecified atom stereocenters. The zero-order valence-electron chi connectivity index (χ0n) is 18.8. The van der Waals surface area contributed by atoms with Gasteiger partial charge in [0, 0.05) is 49.8 Å². The molecule has 2 heterocycles. The summed E-state index contributed by atoms with van der Waals surface area (Å²) in [6.45, 7) is 0.461. The molecule has 11 nitrogen and oxygen atoms in total. The van der Waals surface area contributed by atoms with E-state index in [-0.39, 0.29) is 19.8 Å². The Morgan fingerprint density at radius 2 is 1.33 bits per heavy atom. The smallest absolute Gasteiger partial charge is 0.224 e. The molecule has 2 rings (SSSR count). The summed E-state index contributed by atoms with van der Waals surface area (Å²) < 4.78 is 56.6. The number of hydrogen-bond acceptors (Lipinski definition) is 11. The highest BCUT2D eigenvalue weighted by molar-refractivity contribution is 5.00. The fraction of sp³-hybridized carbons (Fsp3) is 1.00. The number of aliphatic hydroxyl groups is 1. The number of methoxy groups -OCH3 is 7. The Kier molecular flexibility index (Phi) is 10.3. The van der Waals surface area contributed by atoms with Crippen LogP contribution in [-0.4, -0.2) is 130 Å². The first-order valence-corrected chi connectivity index (χ1v) is 9.73. The summed E-state index contributed by atoms with van der Waals surface area (Å²) in [6, 6.07) is 0. The Morgan fingerprint density at radius 1 is 0.733 bits per heavy atom. The zero-order chi connectivity index (χ0) is 22.3. The molecule has 0 aromatic heterocycles. The average molecular weight is 440 g/mol. The highest BCUT2D eigenvalue weighted by Gasteiger charge is 2.60. The van der Waals surface area contributed by atoms with Gasteiger partial charge in [0.25, 0.3) is 0 Å². The van der Waals surface area contributed by atoms with Crippen LogP contribution in [0.25, 0.3) is 0 Å². The van der Waals surface area contributed by atoms with Crippen molar-refractivity contribution in [2.24, 2.45) is 0 Å². The van der Waals surface area contributed by atoms with Crippen molar-refractivity contribution >= 4 is 0 Å². The molecule has 30 heavy (non-hydrogen) atoms. The maximum atomic E-state index is 10.9. The van der Waals surface area contributed by atoms with Gasteiger partial charge >= 0.3 is 0 Å². The van der Waals surface area contributed by atoms with Crippen molar-refractivity contribution in [3.05, 3.63) is 0 Å². The van der Waals surface area contributed by atoms with Crippen molar-refractivity contribution in [3.63, 3.8) is 0 Å². The van der Waals surface area contributed by atoms with Crippen LogP contribution in [-0.2, 0) is 47.4 Å². The van der Waals surface area contributed by atoms with Crippen LogP contribution in [0.3, 0.4) is 0 Å². The van der Waals surface area contributed by atoms with Crippen molar-refractivity contribution < 1.29 is 52.5 Å². The van der Waals surface area contributed by atoms with E-state index in [9.17, 15) is 5.11 Å². The van der Waals surface area contributed by atoms with E-state index in [1.54, 1.807) is 21.3 Å². The molecule has 0 aromatic carbocycles. The van der Waals surface area contributed by atoms with E-state index in [4.69, 9.17) is 47.4 Å². The average Bonchev–Trinajstić information content (AvgIpc) is 3.02. The number of ether oxygens (including phenoxy) is 10. The lowest BCUT2D eigenvalue weighted by molar-refractivity contribution is -0.388. The molecule has 0 aliphatic carbocycles. The maximum absolute atomic E-state index is 10.9. The highest BCUT2D eigenvalue weighted by Crippen LogP contribution is 2.39. The van der Waals surface area contributed by atoms with Gasteiger partial charge in [0.2, 0.25) is 5.79 Å². The van der Waals surface area contributed by atoms with Crippen molar-refractivity contribution in [3.8, 4) is 0 Å². The molecule has 0 saturated carbocycles. The van der Waals surface area contributed by atoms with E-state index < -0.39 is 54.8 Å². The predicted octanol–water partition coefficient (Wildman–Crippen LogP) is -0.817. The third kappa shape index (κ3) is 5.13. The SMILES string of the molecule is COCC1OC(OC2(COC)OC(COC)C(OC)C2OC)C(O)C(OC)C1OC. The second-order valence-corrected chi connectivity index (χ2v) is 7.22. The van der Waals surface area contributed by atoms with Crippen LogP contribution in [0.2, 0.25) is 0 Å². The molecule has 2 aliphatic rings. The van der Waals surface area contributed by atoms with Gasteiger partial charge in [-0.1, -0.05) is 0 Å². The van der Waals surface area contributed by atoms with Gasteiger partial charge in [-0.05, 0) is 0 Å². The topological polar surface area (TPSA) is 113 Å². The molecule has 0 aromatic rings. The molecule has 0 radical (unpaired) electrons. The van der Waals surface area contributed by atoms with E-state index in [1.807, 2.05) is 0 Å². The lowest BCUT2D eigenvalue weighted by atomic mass is 9.98. The molecule has 1 N–H and O–H groups in total. The van der Waals surface area contributed by atoms with Gasteiger partial charge in [-0.25, -0.2) is 0 Å². The molecular weight excluding hydrogens is 404 g/mol. The first-order chi connectivity index (χ1) is 14.5. The van der Waals surface area contributed by atoms with Gasteiger partial charge in [-0.15, -0.1) is 0 Å². The third-order valence-corrected chi connectivity index (χ3v) is 5.46. The minimum atomic E-state index is -1.42. The summed E-state index contributed by atoms with van der Waals surface area (Å²) in [5, 5.41) is 10.9. The van der Waals surface area contributed by atoms with E-state index in [0.717, 1.165) is 0 Å². The van der Waals surface area contributed by atoms with Gasteiger partial charge in [-0.2, -0.15) is 0 Å². The van der Waals surface area contributed by atoms with E-state index >= 15 is 0 Å². The molecule has 178 valence electrons. The Bertz CT molecular complexity index is 495. The molecule has 11 heteroatoms. The fourth-order valence-electron chi connectivity index (χ4n) is 4.21. The maximum Gasteiger partial charge on any atom is 0.224 e. The van der Waals surface area contributed by atoms with Crippen molar-refractivity contribution in [2.45, 2.75) is 54.8 Å². The minimum Gasteiger partial charge on any atom is -0.385 e. The monoisotopic (exact) mass is 440 g/mol. The molecule has 0 amide bonds. The Balaban J connectivity index is 2.33.